The number of nitrogens with one attached hydrogen (secondary N) is 1. The first kappa shape index (κ1) is 21.4. The lowest BCUT2D eigenvalue weighted by molar-refractivity contribution is -0.159. The van der Waals surface area contributed by atoms with Crippen LogP contribution in [-0.4, -0.2) is 52.1 Å². The molecule has 1 aromatic rings. The number of β-amino-alcohol motifs (C(OH)–C–C–N with tert-alkyl or cyclic N) is 1. The van der Waals surface area contributed by atoms with E-state index >= 15 is 0 Å². The minimum Gasteiger partial charge on any atom is -0.491 e. The summed E-state index contributed by atoms with van der Waals surface area (Å²) in [5.74, 6) is -3.05. The van der Waals surface area contributed by atoms with E-state index < -0.39 is 18.0 Å². The van der Waals surface area contributed by atoms with Gasteiger partial charge in [0.2, 0.25) is 0 Å². The fraction of sp³-hybridized carbons (Fsp3) is 0.438. The van der Waals surface area contributed by atoms with E-state index in [0.29, 0.717) is 17.9 Å². The molecule has 1 unspecified atom stereocenters. The Labute approximate surface area is 140 Å². The van der Waals surface area contributed by atoms with Crippen molar-refractivity contribution in [3.05, 3.63) is 29.8 Å². The van der Waals surface area contributed by atoms with Crippen LogP contribution in [0.5, 0.6) is 5.75 Å². The van der Waals surface area contributed by atoms with Crippen LogP contribution in [0.25, 0.3) is 0 Å². The molecule has 0 spiro atoms. The molecule has 1 atom stereocenters. The molecule has 132 valence electrons. The van der Waals surface area contributed by atoms with Gasteiger partial charge in [0.25, 0.3) is 0 Å². The molecule has 0 bridgehead atoms. The van der Waals surface area contributed by atoms with E-state index in [9.17, 15) is 5.11 Å². The molecular formula is C16H22N2O6. The number of carbonyl (C=O) groups is 2. The lowest BCUT2D eigenvalue weighted by Crippen LogP contribution is -2.42. The van der Waals surface area contributed by atoms with Gasteiger partial charge in [-0.2, -0.15) is 5.26 Å². The smallest absolute Gasteiger partial charge is 0.414 e. The van der Waals surface area contributed by atoms with Crippen molar-refractivity contribution in [1.82, 2.24) is 5.32 Å². The molecule has 24 heavy (non-hydrogen) atoms. The Balaban J connectivity index is 0.000000754. The summed E-state index contributed by atoms with van der Waals surface area (Å²) in [5.41, 5.74) is 0.525. The zero-order valence-corrected chi connectivity index (χ0v) is 13.8. The van der Waals surface area contributed by atoms with Gasteiger partial charge in [0.05, 0.1) is 11.6 Å². The van der Waals surface area contributed by atoms with Crippen molar-refractivity contribution in [2.45, 2.75) is 32.4 Å². The molecule has 0 amide bonds. The van der Waals surface area contributed by atoms with Crippen molar-refractivity contribution in [1.29, 1.82) is 5.26 Å². The van der Waals surface area contributed by atoms with Crippen LogP contribution in [0, 0.1) is 11.3 Å². The average molecular weight is 338 g/mol. The summed E-state index contributed by atoms with van der Waals surface area (Å²) in [6, 6.07) is 8.94. The molecule has 8 nitrogen and oxygen atoms in total. The number of benzene rings is 1. The van der Waals surface area contributed by atoms with Gasteiger partial charge >= 0.3 is 11.9 Å². The molecule has 0 radical (unpaired) electrons. The quantitative estimate of drug-likeness (QED) is 0.579. The van der Waals surface area contributed by atoms with Gasteiger partial charge in [-0.25, -0.2) is 9.59 Å². The standard InChI is InChI=1S/C14H20N2O2.C2H2O4/c1-14(2,3)16-9-12(17)10-18-13-6-4-5-11(7-13)8-15;3-1(4)2(5)6/h4-7,12,16-17H,9-10H2,1-3H3;(H,3,4)(H,5,6). The molecule has 0 saturated heterocycles. The minimum absolute atomic E-state index is 0.0261. The van der Waals surface area contributed by atoms with E-state index in [0.717, 1.165) is 0 Å². The first-order valence-corrected chi connectivity index (χ1v) is 7.07. The minimum atomic E-state index is -1.82. The zero-order valence-electron chi connectivity index (χ0n) is 13.8. The van der Waals surface area contributed by atoms with Crippen molar-refractivity contribution in [2.24, 2.45) is 0 Å². The summed E-state index contributed by atoms with van der Waals surface area (Å²) in [6.45, 7) is 6.80. The highest BCUT2D eigenvalue weighted by atomic mass is 16.5. The predicted octanol–water partition coefficient (Wildman–Crippen LogP) is 0.842. The maximum Gasteiger partial charge on any atom is 0.414 e. The Bertz CT molecular complexity index is 577. The second-order valence-corrected chi connectivity index (χ2v) is 5.85. The first-order valence-electron chi connectivity index (χ1n) is 7.07. The Morgan fingerprint density at radius 1 is 1.29 bits per heavy atom. The van der Waals surface area contributed by atoms with Gasteiger partial charge in [0.15, 0.2) is 0 Å². The summed E-state index contributed by atoms with van der Waals surface area (Å²) in [5, 5.41) is 36.5. The number of carboxylic acid groups (broad SMARTS) is 2. The number of nitrogens with zero attached hydrogens (tertiary/aromatic N) is 1. The molecule has 0 aromatic heterocycles. The van der Waals surface area contributed by atoms with Crippen molar-refractivity contribution in [3.63, 3.8) is 0 Å². The van der Waals surface area contributed by atoms with Crippen LogP contribution in [0.1, 0.15) is 26.3 Å². The largest absolute Gasteiger partial charge is 0.491 e. The highest BCUT2D eigenvalue weighted by molar-refractivity contribution is 6.27. The molecule has 8 heteroatoms. The molecule has 4 N–H and O–H groups in total. The van der Waals surface area contributed by atoms with Crippen LogP contribution >= 0.6 is 0 Å². The predicted molar refractivity (Wildman–Crippen MR) is 85.7 cm³/mol. The highest BCUT2D eigenvalue weighted by Crippen LogP contribution is 2.12. The molecular weight excluding hydrogens is 316 g/mol. The van der Waals surface area contributed by atoms with E-state index in [1.54, 1.807) is 24.3 Å². The third-order valence-corrected chi connectivity index (χ3v) is 2.46. The normalized spacial score (nSPS) is 11.5. The molecule has 0 heterocycles. The van der Waals surface area contributed by atoms with E-state index in [2.05, 4.69) is 5.32 Å². The fourth-order valence-corrected chi connectivity index (χ4v) is 1.33. The fourth-order valence-electron chi connectivity index (χ4n) is 1.33. The van der Waals surface area contributed by atoms with Gasteiger partial charge in [-0.15, -0.1) is 0 Å². The van der Waals surface area contributed by atoms with Crippen LogP contribution in [0.4, 0.5) is 0 Å². The van der Waals surface area contributed by atoms with Crippen LogP contribution < -0.4 is 10.1 Å². The number of aliphatic carboxylic acids is 2. The van der Waals surface area contributed by atoms with E-state index in [-0.39, 0.29) is 12.1 Å². The summed E-state index contributed by atoms with van der Waals surface area (Å²) in [4.78, 5) is 18.2. The molecule has 0 aliphatic carbocycles. The van der Waals surface area contributed by atoms with Crippen molar-refractivity contribution < 1.29 is 29.6 Å². The molecule has 1 aromatic carbocycles. The third kappa shape index (κ3) is 11.0. The maximum atomic E-state index is 9.75. The van der Waals surface area contributed by atoms with Gasteiger partial charge in [0, 0.05) is 12.1 Å². The monoisotopic (exact) mass is 338 g/mol. The lowest BCUT2D eigenvalue weighted by Gasteiger charge is -2.22. The third-order valence-electron chi connectivity index (χ3n) is 2.46. The molecule has 0 fully saturated rings. The Kier molecular flexibility index (Phi) is 9.08. The maximum absolute atomic E-state index is 9.75. The summed E-state index contributed by atoms with van der Waals surface area (Å²) < 4.78 is 5.43. The number of aliphatic hydroxyl groups excluding tert-OH is 1. The second-order valence-electron chi connectivity index (χ2n) is 5.85. The summed E-state index contributed by atoms with van der Waals surface area (Å²) in [7, 11) is 0. The summed E-state index contributed by atoms with van der Waals surface area (Å²) in [6.07, 6.45) is -0.574. The number of carboxylic acids is 2. The van der Waals surface area contributed by atoms with Crippen LogP contribution in [0.3, 0.4) is 0 Å². The number of aliphatic hydroxyl groups is 1. The van der Waals surface area contributed by atoms with E-state index in [1.807, 2.05) is 26.8 Å². The lowest BCUT2D eigenvalue weighted by atomic mass is 10.1. The Hall–Kier alpha value is -2.63. The number of ether oxygens (including phenoxy) is 1. The second kappa shape index (κ2) is 10.2. The number of nitriles is 1. The molecule has 0 saturated carbocycles. The van der Waals surface area contributed by atoms with Gasteiger partial charge < -0.3 is 25.4 Å². The zero-order chi connectivity index (χ0) is 18.8. The summed E-state index contributed by atoms with van der Waals surface area (Å²) >= 11 is 0. The van der Waals surface area contributed by atoms with Crippen LogP contribution in [0.15, 0.2) is 24.3 Å². The van der Waals surface area contributed by atoms with Gasteiger partial charge in [0.1, 0.15) is 18.5 Å². The number of rotatable bonds is 5. The Morgan fingerprint density at radius 2 is 1.88 bits per heavy atom. The van der Waals surface area contributed by atoms with E-state index in [1.165, 1.54) is 0 Å². The van der Waals surface area contributed by atoms with Crippen molar-refractivity contribution in [2.75, 3.05) is 13.2 Å². The average Bonchev–Trinajstić information content (AvgIpc) is 2.51. The SMILES string of the molecule is CC(C)(C)NCC(O)COc1cccc(C#N)c1.O=C(O)C(=O)O. The topological polar surface area (TPSA) is 140 Å². The van der Waals surface area contributed by atoms with Gasteiger partial charge in [-0.1, -0.05) is 6.07 Å². The highest BCUT2D eigenvalue weighted by Gasteiger charge is 2.12. The van der Waals surface area contributed by atoms with Crippen molar-refractivity contribution >= 4 is 11.9 Å². The van der Waals surface area contributed by atoms with Gasteiger partial charge in [-0.05, 0) is 39.0 Å². The number of hydrogen-bond acceptors (Lipinski definition) is 6. The number of hydrogen-bond donors (Lipinski definition) is 4. The molecule has 1 rings (SSSR count). The first-order chi connectivity index (χ1) is 11.0. The molecule has 0 aliphatic rings. The van der Waals surface area contributed by atoms with Crippen LogP contribution in [0.2, 0.25) is 0 Å². The Morgan fingerprint density at radius 3 is 2.33 bits per heavy atom. The van der Waals surface area contributed by atoms with Gasteiger partial charge in [-0.3, -0.25) is 0 Å². The van der Waals surface area contributed by atoms with Crippen LogP contribution in [-0.2, 0) is 9.59 Å². The molecule has 0 aliphatic heterocycles. The van der Waals surface area contributed by atoms with E-state index in [4.69, 9.17) is 29.8 Å². The van der Waals surface area contributed by atoms with Crippen molar-refractivity contribution in [3.8, 4) is 11.8 Å².